The number of carbonyl (C=O) groups excluding carboxylic acids is 2. The molecule has 3 aromatic rings. The first-order valence-corrected chi connectivity index (χ1v) is 9.43. The summed E-state index contributed by atoms with van der Waals surface area (Å²) >= 11 is 0. The zero-order valence-corrected chi connectivity index (χ0v) is 16.9. The smallest absolute Gasteiger partial charge is 0.362 e. The minimum atomic E-state index is -0.817. The van der Waals surface area contributed by atoms with Crippen LogP contribution in [0.15, 0.2) is 65.5 Å². The van der Waals surface area contributed by atoms with E-state index >= 15 is 0 Å². The van der Waals surface area contributed by atoms with Gasteiger partial charge in [-0.15, -0.1) is 0 Å². The molecule has 0 aliphatic carbocycles. The van der Waals surface area contributed by atoms with Crippen molar-refractivity contribution >= 4 is 23.3 Å². The number of carbonyl (C=O) groups is 2. The van der Waals surface area contributed by atoms with Gasteiger partial charge >= 0.3 is 5.97 Å². The van der Waals surface area contributed by atoms with Gasteiger partial charge in [0, 0.05) is 17.8 Å². The van der Waals surface area contributed by atoms with Crippen molar-refractivity contribution in [2.24, 2.45) is 0 Å². The van der Waals surface area contributed by atoms with Gasteiger partial charge < -0.3 is 14.8 Å². The van der Waals surface area contributed by atoms with Gasteiger partial charge in [-0.05, 0) is 31.2 Å². The summed E-state index contributed by atoms with van der Waals surface area (Å²) in [5.74, 6) is -1.64. The fourth-order valence-corrected chi connectivity index (χ4v) is 2.65. The summed E-state index contributed by atoms with van der Waals surface area (Å²) in [7, 11) is 0. The Bertz CT molecular complexity index is 1190. The number of hydrogen-bond acceptors (Lipinski definition) is 8. The second-order valence-electron chi connectivity index (χ2n) is 6.30. The Kier molecular flexibility index (Phi) is 6.91. The Hall–Kier alpha value is -4.54. The maximum absolute atomic E-state index is 12.5. The molecule has 0 saturated heterocycles. The number of nitro groups is 1. The summed E-state index contributed by atoms with van der Waals surface area (Å²) in [6, 6.07) is 14.7. The number of nitrogens with zero attached hydrogens (tertiary/aromatic N) is 3. The van der Waals surface area contributed by atoms with E-state index in [1.165, 1.54) is 24.3 Å². The van der Waals surface area contributed by atoms with Crippen molar-refractivity contribution in [3.8, 4) is 11.4 Å². The van der Waals surface area contributed by atoms with Gasteiger partial charge in [-0.25, -0.2) is 4.79 Å². The summed E-state index contributed by atoms with van der Waals surface area (Å²) in [5.41, 5.74) is -0.213. The van der Waals surface area contributed by atoms with Crippen LogP contribution < -0.4 is 15.6 Å². The number of rotatable bonds is 8. The number of amides is 1. The molecule has 1 aromatic heterocycles. The van der Waals surface area contributed by atoms with Crippen molar-refractivity contribution < 1.29 is 24.0 Å². The largest absolute Gasteiger partial charge is 0.481 e. The number of nitro benzene ring substituents is 1. The molecule has 0 atom stereocenters. The normalized spacial score (nSPS) is 10.3. The number of nitrogens with one attached hydrogen (secondary N) is 1. The van der Waals surface area contributed by atoms with E-state index < -0.39 is 29.0 Å². The van der Waals surface area contributed by atoms with Gasteiger partial charge in [0.05, 0.1) is 23.3 Å². The molecule has 32 heavy (non-hydrogen) atoms. The van der Waals surface area contributed by atoms with Gasteiger partial charge in [-0.2, -0.15) is 9.78 Å². The highest BCUT2D eigenvalue weighted by molar-refractivity contribution is 5.93. The maximum atomic E-state index is 12.5. The molecule has 0 unspecified atom stereocenters. The lowest BCUT2D eigenvalue weighted by molar-refractivity contribution is -0.384. The monoisotopic (exact) mass is 438 g/mol. The molecule has 0 bridgehead atoms. The summed E-state index contributed by atoms with van der Waals surface area (Å²) < 4.78 is 11.4. The van der Waals surface area contributed by atoms with Crippen molar-refractivity contribution in [1.29, 1.82) is 0 Å². The van der Waals surface area contributed by atoms with Crippen LogP contribution in [-0.2, 0) is 9.53 Å². The summed E-state index contributed by atoms with van der Waals surface area (Å²) in [6.45, 7) is 1.15. The first-order chi connectivity index (χ1) is 15.4. The maximum Gasteiger partial charge on any atom is 0.362 e. The van der Waals surface area contributed by atoms with E-state index in [-0.39, 0.29) is 23.7 Å². The average molecular weight is 438 g/mol. The molecule has 0 saturated carbocycles. The predicted octanol–water partition coefficient (Wildman–Crippen LogP) is 2.33. The number of ether oxygens (including phenoxy) is 2. The van der Waals surface area contributed by atoms with Gasteiger partial charge in [0.15, 0.2) is 12.4 Å². The highest BCUT2D eigenvalue weighted by Gasteiger charge is 2.20. The van der Waals surface area contributed by atoms with Crippen LogP contribution in [0.3, 0.4) is 0 Å². The van der Waals surface area contributed by atoms with E-state index in [4.69, 9.17) is 9.47 Å². The molecule has 11 heteroatoms. The lowest BCUT2D eigenvalue weighted by Gasteiger charge is -2.12. The Morgan fingerprint density at radius 3 is 2.44 bits per heavy atom. The number of aromatic nitrogens is 2. The van der Waals surface area contributed by atoms with Gasteiger partial charge in [0.1, 0.15) is 0 Å². The minimum absolute atomic E-state index is 0.0745. The molecule has 2 aromatic carbocycles. The third-order valence-electron chi connectivity index (χ3n) is 4.09. The molecule has 1 heterocycles. The summed E-state index contributed by atoms with van der Waals surface area (Å²) in [6.07, 6.45) is 0. The number of benzene rings is 2. The molecule has 11 nitrogen and oxygen atoms in total. The third-order valence-corrected chi connectivity index (χ3v) is 4.09. The van der Waals surface area contributed by atoms with Gasteiger partial charge in [-0.3, -0.25) is 19.7 Å². The van der Waals surface area contributed by atoms with E-state index in [9.17, 15) is 24.5 Å². The third kappa shape index (κ3) is 5.33. The van der Waals surface area contributed by atoms with Crippen LogP contribution in [0.1, 0.15) is 17.4 Å². The van der Waals surface area contributed by atoms with Crippen LogP contribution in [0, 0.1) is 10.1 Å². The quantitative estimate of drug-likeness (QED) is 0.321. The zero-order valence-electron chi connectivity index (χ0n) is 16.9. The van der Waals surface area contributed by atoms with Crippen LogP contribution in [0.4, 0.5) is 11.4 Å². The first kappa shape index (κ1) is 22.2. The molecule has 3 rings (SSSR count). The Morgan fingerprint density at radius 1 is 1.12 bits per heavy atom. The Morgan fingerprint density at radius 2 is 1.81 bits per heavy atom. The van der Waals surface area contributed by atoms with Crippen molar-refractivity contribution in [3.05, 3.63) is 86.8 Å². The second kappa shape index (κ2) is 9.98. The number of anilines is 1. The molecule has 1 N–H and O–H groups in total. The SMILES string of the molecule is CCOC(=O)c1nn(-c2ccccc2)c(=O)cc1OCC(=O)Nc1ccc([N+](=O)[O-])cc1. The van der Waals surface area contributed by atoms with Crippen LogP contribution in [0.2, 0.25) is 0 Å². The van der Waals surface area contributed by atoms with Crippen LogP contribution in [0.25, 0.3) is 5.69 Å². The zero-order chi connectivity index (χ0) is 23.1. The highest BCUT2D eigenvalue weighted by atomic mass is 16.6. The average Bonchev–Trinajstić information content (AvgIpc) is 2.78. The van der Waals surface area contributed by atoms with Gasteiger partial charge in [0.25, 0.3) is 17.2 Å². The van der Waals surface area contributed by atoms with Crippen molar-refractivity contribution in [1.82, 2.24) is 9.78 Å². The minimum Gasteiger partial charge on any atom is -0.481 e. The number of hydrogen-bond donors (Lipinski definition) is 1. The summed E-state index contributed by atoms with van der Waals surface area (Å²) in [4.78, 5) is 47.2. The van der Waals surface area contributed by atoms with E-state index in [0.29, 0.717) is 11.4 Å². The van der Waals surface area contributed by atoms with Crippen LogP contribution in [0.5, 0.6) is 5.75 Å². The molecule has 0 aliphatic heterocycles. The van der Waals surface area contributed by atoms with Crippen molar-refractivity contribution in [2.75, 3.05) is 18.5 Å². The van der Waals surface area contributed by atoms with E-state index in [2.05, 4.69) is 10.4 Å². The van der Waals surface area contributed by atoms with E-state index in [1.54, 1.807) is 37.3 Å². The molecule has 0 aliphatic rings. The highest BCUT2D eigenvalue weighted by Crippen LogP contribution is 2.18. The predicted molar refractivity (Wildman–Crippen MR) is 113 cm³/mol. The van der Waals surface area contributed by atoms with Crippen LogP contribution in [-0.4, -0.2) is 39.8 Å². The Balaban J connectivity index is 1.79. The fraction of sp³-hybridized carbons (Fsp3) is 0.143. The van der Waals surface area contributed by atoms with Crippen molar-refractivity contribution in [3.63, 3.8) is 0 Å². The number of para-hydroxylation sites is 1. The lowest BCUT2D eigenvalue weighted by atomic mass is 10.3. The first-order valence-electron chi connectivity index (χ1n) is 9.43. The van der Waals surface area contributed by atoms with Gasteiger partial charge in [-0.1, -0.05) is 18.2 Å². The van der Waals surface area contributed by atoms with Crippen LogP contribution >= 0.6 is 0 Å². The molecule has 0 fully saturated rings. The Labute approximate surface area is 181 Å². The van der Waals surface area contributed by atoms with E-state index in [0.717, 1.165) is 10.7 Å². The molecular formula is C21H18N4O7. The van der Waals surface area contributed by atoms with E-state index in [1.807, 2.05) is 0 Å². The topological polar surface area (TPSA) is 143 Å². The second-order valence-corrected chi connectivity index (χ2v) is 6.30. The molecule has 164 valence electrons. The molecular weight excluding hydrogens is 420 g/mol. The standard InChI is InChI=1S/C21H18N4O7/c1-2-31-21(28)20-17(12-19(27)24(23-20)15-6-4-3-5-7-15)32-13-18(26)22-14-8-10-16(11-9-14)25(29)30/h3-12H,2,13H2,1H3,(H,22,26). The summed E-state index contributed by atoms with van der Waals surface area (Å²) in [5, 5.41) is 17.3. The van der Waals surface area contributed by atoms with Gasteiger partial charge in [0.2, 0.25) is 5.69 Å². The molecule has 0 spiro atoms. The number of non-ortho nitro benzene ring substituents is 1. The molecule has 0 radical (unpaired) electrons. The number of esters is 1. The fourth-order valence-electron chi connectivity index (χ4n) is 2.65. The lowest BCUT2D eigenvalue weighted by Crippen LogP contribution is -2.27. The van der Waals surface area contributed by atoms with Crippen molar-refractivity contribution in [2.45, 2.75) is 6.92 Å². The molecule has 1 amide bonds.